The van der Waals surface area contributed by atoms with Crippen LogP contribution in [-0.4, -0.2) is 22.8 Å². The van der Waals surface area contributed by atoms with E-state index in [1.165, 1.54) is 18.4 Å². The summed E-state index contributed by atoms with van der Waals surface area (Å²) in [6, 6.07) is 2.20. The summed E-state index contributed by atoms with van der Waals surface area (Å²) < 4.78 is 7.93. The second kappa shape index (κ2) is 5.89. The fourth-order valence-electron chi connectivity index (χ4n) is 2.27. The van der Waals surface area contributed by atoms with Crippen LogP contribution in [-0.2, 0) is 17.8 Å². The van der Waals surface area contributed by atoms with E-state index in [1.54, 1.807) is 0 Å². The van der Waals surface area contributed by atoms with Crippen molar-refractivity contribution in [3.63, 3.8) is 0 Å². The Morgan fingerprint density at radius 2 is 2.28 bits per heavy atom. The fraction of sp³-hybridized carbons (Fsp3) is 0.733. The number of rotatable bonds is 5. The predicted octanol–water partition coefficient (Wildman–Crippen LogP) is 2.95. The molecular formula is C15H26N2O. The van der Waals surface area contributed by atoms with Crippen molar-refractivity contribution in [2.75, 3.05) is 6.61 Å². The monoisotopic (exact) mass is 250 g/mol. The molecule has 1 aliphatic rings. The molecule has 0 bridgehead atoms. The van der Waals surface area contributed by atoms with E-state index < -0.39 is 0 Å². The van der Waals surface area contributed by atoms with Crippen molar-refractivity contribution in [3.8, 4) is 0 Å². The minimum atomic E-state index is 0.180. The highest BCUT2D eigenvalue weighted by Crippen LogP contribution is 2.16. The lowest BCUT2D eigenvalue weighted by Gasteiger charge is -2.19. The number of aryl methyl sites for hydroxylation is 1. The van der Waals surface area contributed by atoms with Crippen molar-refractivity contribution < 1.29 is 4.74 Å². The molecular weight excluding hydrogens is 224 g/mol. The minimum Gasteiger partial charge on any atom is -0.378 e. The van der Waals surface area contributed by atoms with Gasteiger partial charge in [0.05, 0.1) is 6.10 Å². The highest BCUT2D eigenvalue weighted by Gasteiger charge is 2.15. The molecule has 102 valence electrons. The Bertz CT molecular complexity index is 359. The molecule has 1 aromatic rings. The quantitative estimate of drug-likeness (QED) is 0.869. The highest BCUT2D eigenvalue weighted by molar-refractivity contribution is 5.10. The van der Waals surface area contributed by atoms with Gasteiger partial charge in [0, 0.05) is 37.6 Å². The lowest BCUT2D eigenvalue weighted by Crippen LogP contribution is -2.34. The SMILES string of the molecule is CC(C)(C)NCc1ccn(CCC2CCCO2)c1. The van der Waals surface area contributed by atoms with Gasteiger partial charge < -0.3 is 14.6 Å². The molecule has 0 saturated carbocycles. The topological polar surface area (TPSA) is 26.2 Å². The Labute approximate surface area is 111 Å². The molecule has 0 spiro atoms. The van der Waals surface area contributed by atoms with E-state index in [4.69, 9.17) is 4.74 Å². The van der Waals surface area contributed by atoms with E-state index in [0.29, 0.717) is 6.10 Å². The first kappa shape index (κ1) is 13.6. The number of nitrogens with one attached hydrogen (secondary N) is 1. The zero-order valence-electron chi connectivity index (χ0n) is 11.9. The minimum absolute atomic E-state index is 0.180. The van der Waals surface area contributed by atoms with Crippen LogP contribution < -0.4 is 5.32 Å². The molecule has 2 heterocycles. The van der Waals surface area contributed by atoms with Gasteiger partial charge in [-0.25, -0.2) is 0 Å². The zero-order valence-corrected chi connectivity index (χ0v) is 11.9. The van der Waals surface area contributed by atoms with E-state index in [2.05, 4.69) is 49.1 Å². The first-order valence-electron chi connectivity index (χ1n) is 7.04. The summed E-state index contributed by atoms with van der Waals surface area (Å²) in [4.78, 5) is 0. The summed E-state index contributed by atoms with van der Waals surface area (Å²) in [5.41, 5.74) is 1.54. The van der Waals surface area contributed by atoms with Gasteiger partial charge in [-0.05, 0) is 51.7 Å². The molecule has 1 unspecified atom stereocenters. The summed E-state index contributed by atoms with van der Waals surface area (Å²) in [6.45, 7) is 9.55. The van der Waals surface area contributed by atoms with E-state index in [-0.39, 0.29) is 5.54 Å². The van der Waals surface area contributed by atoms with Crippen LogP contribution in [0.15, 0.2) is 18.5 Å². The maximum absolute atomic E-state index is 5.65. The van der Waals surface area contributed by atoms with Gasteiger partial charge in [0.25, 0.3) is 0 Å². The second-order valence-electron chi connectivity index (χ2n) is 6.28. The smallest absolute Gasteiger partial charge is 0.0593 e. The van der Waals surface area contributed by atoms with Crippen LogP contribution in [0.25, 0.3) is 0 Å². The Balaban J connectivity index is 1.75. The van der Waals surface area contributed by atoms with E-state index >= 15 is 0 Å². The lowest BCUT2D eigenvalue weighted by atomic mass is 10.1. The first-order valence-corrected chi connectivity index (χ1v) is 7.04. The standard InChI is InChI=1S/C15H26N2O/c1-15(2,3)16-11-13-6-8-17(12-13)9-7-14-5-4-10-18-14/h6,8,12,14,16H,4-5,7,9-11H2,1-3H3. The summed E-state index contributed by atoms with van der Waals surface area (Å²) in [7, 11) is 0. The molecule has 0 aliphatic carbocycles. The highest BCUT2D eigenvalue weighted by atomic mass is 16.5. The first-order chi connectivity index (χ1) is 8.53. The second-order valence-corrected chi connectivity index (χ2v) is 6.28. The van der Waals surface area contributed by atoms with Gasteiger partial charge in [0.15, 0.2) is 0 Å². The molecule has 3 nitrogen and oxygen atoms in total. The molecule has 1 aliphatic heterocycles. The van der Waals surface area contributed by atoms with Gasteiger partial charge in [-0.2, -0.15) is 0 Å². The third kappa shape index (κ3) is 4.46. The Hall–Kier alpha value is -0.800. The van der Waals surface area contributed by atoms with Crippen LogP contribution in [0.1, 0.15) is 45.6 Å². The van der Waals surface area contributed by atoms with Gasteiger partial charge >= 0.3 is 0 Å². The third-order valence-electron chi connectivity index (χ3n) is 3.37. The molecule has 1 saturated heterocycles. The number of hydrogen-bond donors (Lipinski definition) is 1. The van der Waals surface area contributed by atoms with Gasteiger partial charge in [-0.1, -0.05) is 0 Å². The third-order valence-corrected chi connectivity index (χ3v) is 3.37. The molecule has 1 aromatic heterocycles. The summed E-state index contributed by atoms with van der Waals surface area (Å²) in [5.74, 6) is 0. The maximum atomic E-state index is 5.65. The lowest BCUT2D eigenvalue weighted by molar-refractivity contribution is 0.100. The fourth-order valence-corrected chi connectivity index (χ4v) is 2.27. The molecule has 3 heteroatoms. The van der Waals surface area contributed by atoms with Crippen LogP contribution >= 0.6 is 0 Å². The van der Waals surface area contributed by atoms with Gasteiger partial charge in [-0.3, -0.25) is 0 Å². The van der Waals surface area contributed by atoms with Crippen LogP contribution in [0, 0.1) is 0 Å². The Morgan fingerprint density at radius 1 is 1.44 bits per heavy atom. The average molecular weight is 250 g/mol. The van der Waals surface area contributed by atoms with Crippen molar-refractivity contribution in [1.29, 1.82) is 0 Å². The number of ether oxygens (including phenoxy) is 1. The number of nitrogens with zero attached hydrogens (tertiary/aromatic N) is 1. The predicted molar refractivity (Wildman–Crippen MR) is 74.6 cm³/mol. The van der Waals surface area contributed by atoms with Crippen molar-refractivity contribution in [2.24, 2.45) is 0 Å². The molecule has 1 atom stereocenters. The van der Waals surface area contributed by atoms with Crippen LogP contribution in [0.2, 0.25) is 0 Å². The Kier molecular flexibility index (Phi) is 4.46. The van der Waals surface area contributed by atoms with E-state index in [9.17, 15) is 0 Å². The molecule has 1 fully saturated rings. The van der Waals surface area contributed by atoms with Crippen LogP contribution in [0.5, 0.6) is 0 Å². The zero-order chi connectivity index (χ0) is 13.0. The van der Waals surface area contributed by atoms with Crippen molar-refractivity contribution in [3.05, 3.63) is 24.0 Å². The average Bonchev–Trinajstić information content (AvgIpc) is 2.94. The van der Waals surface area contributed by atoms with Crippen molar-refractivity contribution in [1.82, 2.24) is 9.88 Å². The number of hydrogen-bond acceptors (Lipinski definition) is 2. The molecule has 0 aromatic carbocycles. The van der Waals surface area contributed by atoms with Crippen molar-refractivity contribution >= 4 is 0 Å². The molecule has 2 rings (SSSR count). The van der Waals surface area contributed by atoms with Crippen LogP contribution in [0.4, 0.5) is 0 Å². The summed E-state index contributed by atoms with van der Waals surface area (Å²) >= 11 is 0. The number of aromatic nitrogens is 1. The molecule has 1 N–H and O–H groups in total. The van der Waals surface area contributed by atoms with E-state index in [0.717, 1.165) is 26.1 Å². The van der Waals surface area contributed by atoms with Gasteiger partial charge in [-0.15, -0.1) is 0 Å². The molecule has 0 amide bonds. The summed E-state index contributed by atoms with van der Waals surface area (Å²) in [5, 5.41) is 3.51. The largest absolute Gasteiger partial charge is 0.378 e. The molecule has 18 heavy (non-hydrogen) atoms. The van der Waals surface area contributed by atoms with Gasteiger partial charge in [0.2, 0.25) is 0 Å². The summed E-state index contributed by atoms with van der Waals surface area (Å²) in [6.07, 6.45) is 8.52. The molecule has 0 radical (unpaired) electrons. The van der Waals surface area contributed by atoms with Crippen molar-refractivity contribution in [2.45, 2.75) is 64.8 Å². The van der Waals surface area contributed by atoms with Crippen LogP contribution in [0.3, 0.4) is 0 Å². The normalized spacial score (nSPS) is 20.5. The maximum Gasteiger partial charge on any atom is 0.0593 e. The van der Waals surface area contributed by atoms with E-state index in [1.807, 2.05) is 0 Å². The Morgan fingerprint density at radius 3 is 2.94 bits per heavy atom. The van der Waals surface area contributed by atoms with Gasteiger partial charge in [0.1, 0.15) is 0 Å².